The Hall–Kier alpha value is -0.610. The zero-order valence-electron chi connectivity index (χ0n) is 7.45. The van der Waals surface area contributed by atoms with E-state index in [1.165, 1.54) is 0 Å². The highest BCUT2D eigenvalue weighted by atomic mass is 16.4. The van der Waals surface area contributed by atoms with Crippen LogP contribution in [0.2, 0.25) is 0 Å². The van der Waals surface area contributed by atoms with Gasteiger partial charge in [0.15, 0.2) is 6.10 Å². The molecular weight excluding hydrogens is 160 g/mol. The molecule has 2 unspecified atom stereocenters. The first-order valence-electron chi connectivity index (χ1n) is 4.02. The Morgan fingerprint density at radius 2 is 2.08 bits per heavy atom. The van der Waals surface area contributed by atoms with Crippen LogP contribution < -0.4 is 0 Å². The van der Waals surface area contributed by atoms with Gasteiger partial charge >= 0.3 is 5.97 Å². The Labute approximate surface area is 71.8 Å². The van der Waals surface area contributed by atoms with Gasteiger partial charge in [0, 0.05) is 0 Å². The molecular formula is C8H16O4. The quantitative estimate of drug-likeness (QED) is 0.565. The molecule has 72 valence electrons. The second-order valence-electron chi connectivity index (χ2n) is 3.24. The molecule has 0 bridgehead atoms. The van der Waals surface area contributed by atoms with Gasteiger partial charge in [-0.3, -0.25) is 0 Å². The van der Waals surface area contributed by atoms with Crippen molar-refractivity contribution in [3.8, 4) is 0 Å². The van der Waals surface area contributed by atoms with Crippen LogP contribution in [0.25, 0.3) is 0 Å². The minimum absolute atomic E-state index is 0.0934. The third kappa shape index (κ3) is 4.31. The molecule has 0 amide bonds. The maximum Gasteiger partial charge on any atom is 0.332 e. The molecule has 0 aliphatic rings. The van der Waals surface area contributed by atoms with Gasteiger partial charge in [-0.2, -0.15) is 0 Å². The summed E-state index contributed by atoms with van der Waals surface area (Å²) in [5, 5.41) is 26.6. The second kappa shape index (κ2) is 4.42. The highest BCUT2D eigenvalue weighted by Crippen LogP contribution is 2.16. The lowest BCUT2D eigenvalue weighted by molar-refractivity contribution is -0.147. The lowest BCUT2D eigenvalue weighted by Gasteiger charge is -2.21. The number of aliphatic hydroxyl groups is 2. The SMILES string of the molecule is CCC(C)(O)CCC(O)C(=O)O. The predicted molar refractivity (Wildman–Crippen MR) is 43.8 cm³/mol. The van der Waals surface area contributed by atoms with Gasteiger partial charge < -0.3 is 15.3 Å². The van der Waals surface area contributed by atoms with E-state index in [0.717, 1.165) is 0 Å². The molecule has 0 rings (SSSR count). The van der Waals surface area contributed by atoms with Crippen LogP contribution in [-0.4, -0.2) is 33.0 Å². The van der Waals surface area contributed by atoms with Gasteiger partial charge in [-0.25, -0.2) is 4.79 Å². The number of hydrogen-bond donors (Lipinski definition) is 3. The molecule has 0 aromatic rings. The number of carboxylic acid groups (broad SMARTS) is 1. The van der Waals surface area contributed by atoms with Gasteiger partial charge in [-0.1, -0.05) is 6.92 Å². The topological polar surface area (TPSA) is 77.8 Å². The fraction of sp³-hybridized carbons (Fsp3) is 0.875. The minimum Gasteiger partial charge on any atom is -0.479 e. The van der Waals surface area contributed by atoms with E-state index >= 15 is 0 Å². The summed E-state index contributed by atoms with van der Waals surface area (Å²) in [4.78, 5) is 10.2. The van der Waals surface area contributed by atoms with Crippen LogP contribution in [0.3, 0.4) is 0 Å². The largest absolute Gasteiger partial charge is 0.479 e. The highest BCUT2D eigenvalue weighted by Gasteiger charge is 2.21. The van der Waals surface area contributed by atoms with E-state index in [0.29, 0.717) is 12.8 Å². The summed E-state index contributed by atoms with van der Waals surface area (Å²) in [5.41, 5.74) is -0.865. The van der Waals surface area contributed by atoms with E-state index in [1.54, 1.807) is 6.92 Å². The molecule has 4 nitrogen and oxygen atoms in total. The van der Waals surface area contributed by atoms with Crippen molar-refractivity contribution in [3.63, 3.8) is 0 Å². The molecule has 0 fully saturated rings. The molecule has 0 spiro atoms. The summed E-state index contributed by atoms with van der Waals surface area (Å²) in [7, 11) is 0. The first kappa shape index (κ1) is 11.4. The van der Waals surface area contributed by atoms with Gasteiger partial charge in [0.05, 0.1) is 5.60 Å². The summed E-state index contributed by atoms with van der Waals surface area (Å²) < 4.78 is 0. The average molecular weight is 176 g/mol. The Bertz CT molecular complexity index is 153. The van der Waals surface area contributed by atoms with E-state index < -0.39 is 17.7 Å². The third-order valence-corrected chi connectivity index (χ3v) is 2.00. The maximum absolute atomic E-state index is 10.2. The van der Waals surface area contributed by atoms with Crippen LogP contribution in [0.4, 0.5) is 0 Å². The molecule has 0 aromatic heterocycles. The Kier molecular flexibility index (Phi) is 4.20. The van der Waals surface area contributed by atoms with Crippen molar-refractivity contribution in [2.45, 2.75) is 44.8 Å². The lowest BCUT2D eigenvalue weighted by atomic mass is 9.95. The average Bonchev–Trinajstić information content (AvgIpc) is 2.00. The van der Waals surface area contributed by atoms with Crippen molar-refractivity contribution in [2.75, 3.05) is 0 Å². The summed E-state index contributed by atoms with van der Waals surface area (Å²) in [6, 6.07) is 0. The molecule has 0 radical (unpaired) electrons. The zero-order valence-corrected chi connectivity index (χ0v) is 7.45. The van der Waals surface area contributed by atoms with E-state index in [1.807, 2.05) is 6.92 Å². The van der Waals surface area contributed by atoms with Gasteiger partial charge in [0.1, 0.15) is 0 Å². The maximum atomic E-state index is 10.2. The summed E-state index contributed by atoms with van der Waals surface area (Å²) in [6.45, 7) is 3.44. The number of carboxylic acids is 1. The Morgan fingerprint density at radius 1 is 1.58 bits per heavy atom. The zero-order chi connectivity index (χ0) is 9.78. The first-order valence-corrected chi connectivity index (χ1v) is 4.02. The number of carbonyl (C=O) groups is 1. The Balaban J connectivity index is 3.75. The fourth-order valence-electron chi connectivity index (χ4n) is 0.748. The molecule has 0 aliphatic carbocycles. The van der Waals surface area contributed by atoms with Crippen molar-refractivity contribution < 1.29 is 20.1 Å². The molecule has 0 saturated heterocycles. The molecule has 0 aromatic carbocycles. The van der Waals surface area contributed by atoms with Gasteiger partial charge in [0.2, 0.25) is 0 Å². The Morgan fingerprint density at radius 3 is 2.42 bits per heavy atom. The van der Waals surface area contributed by atoms with Crippen LogP contribution in [0, 0.1) is 0 Å². The first-order chi connectivity index (χ1) is 5.39. The number of rotatable bonds is 5. The van der Waals surface area contributed by atoms with Crippen molar-refractivity contribution in [1.82, 2.24) is 0 Å². The predicted octanol–water partition coefficient (Wildman–Crippen LogP) is 0.373. The third-order valence-electron chi connectivity index (χ3n) is 2.00. The van der Waals surface area contributed by atoms with E-state index in [4.69, 9.17) is 10.2 Å². The second-order valence-corrected chi connectivity index (χ2v) is 3.24. The van der Waals surface area contributed by atoms with E-state index in [-0.39, 0.29) is 6.42 Å². The molecule has 0 saturated carbocycles. The molecule has 3 N–H and O–H groups in total. The molecule has 0 heterocycles. The standard InChI is InChI=1S/C8H16O4/c1-3-8(2,12)5-4-6(9)7(10)11/h6,9,12H,3-5H2,1-2H3,(H,10,11). The highest BCUT2D eigenvalue weighted by molar-refractivity contribution is 5.71. The van der Waals surface area contributed by atoms with Crippen LogP contribution in [-0.2, 0) is 4.79 Å². The summed E-state index contributed by atoms with van der Waals surface area (Å²) in [5.74, 6) is -1.23. The van der Waals surface area contributed by atoms with Crippen molar-refractivity contribution in [1.29, 1.82) is 0 Å². The molecule has 12 heavy (non-hydrogen) atoms. The number of hydrogen-bond acceptors (Lipinski definition) is 3. The molecule has 0 aliphatic heterocycles. The van der Waals surface area contributed by atoms with E-state index in [9.17, 15) is 9.90 Å². The van der Waals surface area contributed by atoms with Crippen molar-refractivity contribution in [3.05, 3.63) is 0 Å². The van der Waals surface area contributed by atoms with Crippen molar-refractivity contribution in [2.24, 2.45) is 0 Å². The van der Waals surface area contributed by atoms with Gasteiger partial charge in [0.25, 0.3) is 0 Å². The van der Waals surface area contributed by atoms with Crippen LogP contribution in [0.1, 0.15) is 33.1 Å². The molecule has 4 heteroatoms. The van der Waals surface area contributed by atoms with Crippen LogP contribution >= 0.6 is 0 Å². The summed E-state index contributed by atoms with van der Waals surface area (Å²) >= 11 is 0. The van der Waals surface area contributed by atoms with E-state index in [2.05, 4.69) is 0 Å². The minimum atomic E-state index is -1.36. The lowest BCUT2D eigenvalue weighted by Crippen LogP contribution is -2.27. The van der Waals surface area contributed by atoms with Crippen LogP contribution in [0.15, 0.2) is 0 Å². The normalized spacial score (nSPS) is 18.3. The van der Waals surface area contributed by atoms with Gasteiger partial charge in [-0.15, -0.1) is 0 Å². The molecule has 2 atom stereocenters. The van der Waals surface area contributed by atoms with Crippen molar-refractivity contribution >= 4 is 5.97 Å². The van der Waals surface area contributed by atoms with Crippen LogP contribution in [0.5, 0.6) is 0 Å². The smallest absolute Gasteiger partial charge is 0.332 e. The summed E-state index contributed by atoms with van der Waals surface area (Å²) in [6.07, 6.45) is -0.407. The monoisotopic (exact) mass is 176 g/mol. The fourth-order valence-corrected chi connectivity index (χ4v) is 0.748. The number of aliphatic hydroxyl groups excluding tert-OH is 1. The number of aliphatic carboxylic acids is 1. The van der Waals surface area contributed by atoms with Gasteiger partial charge in [-0.05, 0) is 26.2 Å².